The second-order valence-electron chi connectivity index (χ2n) is 9.34. The van der Waals surface area contributed by atoms with Gasteiger partial charge in [-0.1, -0.05) is 6.07 Å². The monoisotopic (exact) mass is 407 g/mol. The van der Waals surface area contributed by atoms with E-state index in [0.717, 1.165) is 43.4 Å². The third-order valence-corrected chi connectivity index (χ3v) is 7.41. The third kappa shape index (κ3) is 4.86. The molecule has 6 nitrogen and oxygen atoms in total. The van der Waals surface area contributed by atoms with E-state index in [9.17, 15) is 8.42 Å². The van der Waals surface area contributed by atoms with Gasteiger partial charge in [-0.05, 0) is 69.2 Å². The maximum absolute atomic E-state index is 11.5. The van der Waals surface area contributed by atoms with Gasteiger partial charge in [0, 0.05) is 38.2 Å². The molecular formula is C21H33N3O3S. The van der Waals surface area contributed by atoms with Crippen LogP contribution in [0.15, 0.2) is 18.3 Å². The molecule has 4 rings (SSSR count). The lowest BCUT2D eigenvalue weighted by molar-refractivity contribution is -0.0493. The zero-order valence-electron chi connectivity index (χ0n) is 17.3. The summed E-state index contributed by atoms with van der Waals surface area (Å²) in [6.07, 6.45) is 8.28. The zero-order chi connectivity index (χ0) is 19.9. The van der Waals surface area contributed by atoms with Gasteiger partial charge in [-0.25, -0.2) is 13.4 Å². The Bertz CT molecular complexity index is 777. The van der Waals surface area contributed by atoms with E-state index in [-0.39, 0.29) is 5.75 Å². The molecule has 7 heteroatoms. The summed E-state index contributed by atoms with van der Waals surface area (Å²) in [5.41, 5.74) is 0.754. The highest BCUT2D eigenvalue weighted by Gasteiger charge is 2.44. The van der Waals surface area contributed by atoms with E-state index in [1.807, 2.05) is 12.1 Å². The van der Waals surface area contributed by atoms with Crippen molar-refractivity contribution < 1.29 is 13.2 Å². The van der Waals surface area contributed by atoms with E-state index in [1.165, 1.54) is 25.5 Å². The van der Waals surface area contributed by atoms with E-state index in [4.69, 9.17) is 4.74 Å². The van der Waals surface area contributed by atoms with Gasteiger partial charge in [0.2, 0.25) is 0 Å². The number of sulfone groups is 1. The predicted octanol–water partition coefficient (Wildman–Crippen LogP) is 2.20. The van der Waals surface area contributed by atoms with E-state index in [0.29, 0.717) is 24.0 Å². The highest BCUT2D eigenvalue weighted by Crippen LogP contribution is 2.41. The fraction of sp³-hybridized carbons (Fsp3) is 0.762. The number of rotatable bonds is 7. The van der Waals surface area contributed by atoms with Crippen LogP contribution in [0.5, 0.6) is 0 Å². The van der Waals surface area contributed by atoms with Crippen LogP contribution < -0.4 is 4.90 Å². The lowest BCUT2D eigenvalue weighted by Gasteiger charge is -2.41. The molecule has 28 heavy (non-hydrogen) atoms. The molecule has 0 spiro atoms. The second kappa shape index (κ2) is 7.92. The van der Waals surface area contributed by atoms with Gasteiger partial charge in [0.25, 0.3) is 0 Å². The molecule has 0 N–H and O–H groups in total. The zero-order valence-corrected chi connectivity index (χ0v) is 18.1. The first-order valence-electron chi connectivity index (χ1n) is 10.4. The molecule has 0 amide bonds. The molecule has 1 aromatic rings. The Kier molecular flexibility index (Phi) is 5.69. The topological polar surface area (TPSA) is 62.7 Å². The standard InChI is InChI=1S/C21H33N3O3S/c1-23(2)19-8-17-11-24(12-18(17)9-20(19)27-13-15-4-5-15)21-7-6-16(10-22-21)14-28(3,25)26/h6-7,10,15,17-20H,4-5,8-9,11-14H2,1-3H3/t17-,18+,19-,20-/m1/s1. The molecule has 0 unspecified atom stereocenters. The Morgan fingerprint density at radius 1 is 1.18 bits per heavy atom. The van der Waals surface area contributed by atoms with Gasteiger partial charge in [-0.2, -0.15) is 0 Å². The van der Waals surface area contributed by atoms with Crippen molar-refractivity contribution in [3.05, 3.63) is 23.9 Å². The smallest absolute Gasteiger partial charge is 0.151 e. The van der Waals surface area contributed by atoms with E-state index >= 15 is 0 Å². The van der Waals surface area contributed by atoms with E-state index in [1.54, 1.807) is 6.20 Å². The van der Waals surface area contributed by atoms with Crippen molar-refractivity contribution in [2.24, 2.45) is 17.8 Å². The number of pyridine rings is 1. The van der Waals surface area contributed by atoms with Crippen LogP contribution in [-0.4, -0.2) is 70.5 Å². The summed E-state index contributed by atoms with van der Waals surface area (Å²) in [4.78, 5) is 9.28. The van der Waals surface area contributed by atoms with Crippen LogP contribution in [0.2, 0.25) is 0 Å². The average Bonchev–Trinajstić information content (AvgIpc) is 3.36. The van der Waals surface area contributed by atoms with E-state index in [2.05, 4.69) is 28.9 Å². The van der Waals surface area contributed by atoms with Crippen molar-refractivity contribution in [3.8, 4) is 0 Å². The largest absolute Gasteiger partial charge is 0.376 e. The quantitative estimate of drug-likeness (QED) is 0.691. The van der Waals surface area contributed by atoms with Crippen molar-refractivity contribution in [2.75, 3.05) is 44.9 Å². The van der Waals surface area contributed by atoms with E-state index < -0.39 is 9.84 Å². The number of likely N-dealkylation sites (N-methyl/N-ethyl adjacent to an activating group) is 1. The molecule has 4 atom stereocenters. The summed E-state index contributed by atoms with van der Waals surface area (Å²) < 4.78 is 29.3. The summed E-state index contributed by atoms with van der Waals surface area (Å²) in [7, 11) is 1.32. The first kappa shape index (κ1) is 20.1. The van der Waals surface area contributed by atoms with Crippen molar-refractivity contribution in [1.29, 1.82) is 0 Å². The van der Waals surface area contributed by atoms with Crippen LogP contribution in [-0.2, 0) is 20.3 Å². The minimum Gasteiger partial charge on any atom is -0.376 e. The number of ether oxygens (including phenoxy) is 1. The van der Waals surface area contributed by atoms with Gasteiger partial charge in [0.15, 0.2) is 9.84 Å². The molecule has 2 heterocycles. The van der Waals surface area contributed by atoms with Crippen LogP contribution in [0.1, 0.15) is 31.2 Å². The Hall–Kier alpha value is -1.18. The number of fused-ring (bicyclic) bond motifs is 1. The molecule has 0 radical (unpaired) electrons. The summed E-state index contributed by atoms with van der Waals surface area (Å²) in [6, 6.07) is 4.36. The fourth-order valence-corrected chi connectivity index (χ4v) is 5.61. The third-order valence-electron chi connectivity index (χ3n) is 6.55. The SMILES string of the molecule is CN(C)[C@@H]1C[C@@H]2CN(c3ccc(CS(C)(=O)=O)cn3)C[C@@H]2C[C@H]1OCC1CC1. The number of aromatic nitrogens is 1. The Morgan fingerprint density at radius 3 is 2.46 bits per heavy atom. The molecule has 2 saturated carbocycles. The van der Waals surface area contributed by atoms with Crippen molar-refractivity contribution in [3.63, 3.8) is 0 Å². The van der Waals surface area contributed by atoms with Crippen LogP contribution >= 0.6 is 0 Å². The molecular weight excluding hydrogens is 374 g/mol. The second-order valence-corrected chi connectivity index (χ2v) is 11.5. The van der Waals surface area contributed by atoms with Crippen LogP contribution in [0.25, 0.3) is 0 Å². The van der Waals surface area contributed by atoms with Crippen molar-refractivity contribution >= 4 is 15.7 Å². The minimum atomic E-state index is -3.03. The average molecular weight is 408 g/mol. The molecule has 1 aromatic heterocycles. The molecule has 156 valence electrons. The Balaban J connectivity index is 1.40. The van der Waals surface area contributed by atoms with Gasteiger partial charge in [-0.3, -0.25) is 0 Å². The number of anilines is 1. The van der Waals surface area contributed by atoms with Crippen molar-refractivity contribution in [1.82, 2.24) is 9.88 Å². The lowest BCUT2D eigenvalue weighted by Crippen LogP contribution is -2.48. The van der Waals surface area contributed by atoms with Crippen LogP contribution in [0.3, 0.4) is 0 Å². The molecule has 2 aliphatic carbocycles. The lowest BCUT2D eigenvalue weighted by atomic mass is 9.77. The van der Waals surface area contributed by atoms with Gasteiger partial charge in [-0.15, -0.1) is 0 Å². The predicted molar refractivity (Wildman–Crippen MR) is 111 cm³/mol. The highest BCUT2D eigenvalue weighted by molar-refractivity contribution is 7.89. The summed E-state index contributed by atoms with van der Waals surface area (Å²) in [6.45, 7) is 2.98. The molecule has 1 aliphatic heterocycles. The van der Waals surface area contributed by atoms with Gasteiger partial charge < -0.3 is 14.5 Å². The van der Waals surface area contributed by atoms with Crippen molar-refractivity contribution in [2.45, 2.75) is 43.6 Å². The Morgan fingerprint density at radius 2 is 1.89 bits per heavy atom. The first-order valence-corrected chi connectivity index (χ1v) is 12.5. The Labute approximate surface area is 169 Å². The summed E-state index contributed by atoms with van der Waals surface area (Å²) in [5, 5.41) is 0. The minimum absolute atomic E-state index is 0.0516. The van der Waals surface area contributed by atoms with Gasteiger partial charge in [0.1, 0.15) is 5.82 Å². The maximum Gasteiger partial charge on any atom is 0.151 e. The fourth-order valence-electron chi connectivity index (χ4n) is 4.84. The summed E-state index contributed by atoms with van der Waals surface area (Å²) in [5.74, 6) is 3.14. The number of nitrogens with zero attached hydrogens (tertiary/aromatic N) is 3. The molecule has 3 fully saturated rings. The normalized spacial score (nSPS) is 30.6. The number of hydrogen-bond donors (Lipinski definition) is 0. The van der Waals surface area contributed by atoms with Crippen LogP contribution in [0, 0.1) is 17.8 Å². The van der Waals surface area contributed by atoms with Crippen LogP contribution in [0.4, 0.5) is 5.82 Å². The molecule has 0 bridgehead atoms. The highest BCUT2D eigenvalue weighted by atomic mass is 32.2. The van der Waals surface area contributed by atoms with Gasteiger partial charge in [0.05, 0.1) is 11.9 Å². The maximum atomic E-state index is 11.5. The molecule has 0 aromatic carbocycles. The molecule has 1 saturated heterocycles. The number of hydrogen-bond acceptors (Lipinski definition) is 6. The summed E-state index contributed by atoms with van der Waals surface area (Å²) >= 11 is 0. The first-order chi connectivity index (χ1) is 13.3. The van der Waals surface area contributed by atoms with Gasteiger partial charge >= 0.3 is 0 Å². The molecule has 3 aliphatic rings.